The monoisotopic (exact) mass is 440 g/mol. The van der Waals surface area contributed by atoms with Gasteiger partial charge in [-0.3, -0.25) is 9.59 Å². The maximum absolute atomic E-state index is 13.2. The third kappa shape index (κ3) is 8.78. The molecule has 0 aliphatic rings. The van der Waals surface area contributed by atoms with Gasteiger partial charge in [-0.25, -0.2) is 0 Å². The fourth-order valence-electron chi connectivity index (χ4n) is 3.54. The first-order valence-corrected chi connectivity index (χ1v) is 12.4. The van der Waals surface area contributed by atoms with Crippen LogP contribution in [-0.2, 0) is 21.8 Å². The van der Waals surface area contributed by atoms with Gasteiger partial charge in [0.25, 0.3) is 0 Å². The quantitative estimate of drug-likeness (QED) is 0.446. The molecular weight excluding hydrogens is 404 g/mol. The van der Waals surface area contributed by atoms with Crippen molar-refractivity contribution in [2.45, 2.75) is 58.2 Å². The normalized spacial score (nSPS) is 11.7. The van der Waals surface area contributed by atoms with Crippen molar-refractivity contribution in [2.24, 2.45) is 0 Å². The first-order chi connectivity index (χ1) is 15.0. The van der Waals surface area contributed by atoms with Gasteiger partial charge in [-0.15, -0.1) is 11.8 Å². The number of amides is 2. The number of benzene rings is 2. The molecule has 0 bridgehead atoms. The van der Waals surface area contributed by atoms with Crippen LogP contribution in [0.3, 0.4) is 0 Å². The van der Waals surface area contributed by atoms with Gasteiger partial charge in [0.05, 0.1) is 5.75 Å². The van der Waals surface area contributed by atoms with Gasteiger partial charge in [0.2, 0.25) is 11.8 Å². The molecule has 2 amide bonds. The topological polar surface area (TPSA) is 49.4 Å². The summed E-state index contributed by atoms with van der Waals surface area (Å²) in [7, 11) is 0. The largest absolute Gasteiger partial charge is 0.354 e. The summed E-state index contributed by atoms with van der Waals surface area (Å²) in [5.41, 5.74) is 3.62. The molecule has 0 heterocycles. The molecule has 5 heteroatoms. The van der Waals surface area contributed by atoms with Gasteiger partial charge in [0, 0.05) is 18.8 Å². The summed E-state index contributed by atoms with van der Waals surface area (Å²) < 4.78 is 0. The molecular formula is C26H36N2O2S. The lowest BCUT2D eigenvalue weighted by molar-refractivity contribution is -0.138. The molecule has 0 aromatic heterocycles. The maximum atomic E-state index is 13.2. The van der Waals surface area contributed by atoms with E-state index in [9.17, 15) is 9.59 Å². The lowest BCUT2D eigenvalue weighted by Gasteiger charge is -2.30. The third-order valence-corrected chi connectivity index (χ3v) is 6.26. The molecule has 4 nitrogen and oxygen atoms in total. The SMILES string of the molecule is CCCCNC(=O)C(CC)N(CCc1ccccc1)C(=O)CSCc1cccc(C)c1. The van der Waals surface area contributed by atoms with E-state index < -0.39 is 6.04 Å². The number of nitrogens with zero attached hydrogens (tertiary/aromatic N) is 1. The highest BCUT2D eigenvalue weighted by Crippen LogP contribution is 2.16. The van der Waals surface area contributed by atoms with E-state index in [2.05, 4.69) is 49.5 Å². The van der Waals surface area contributed by atoms with Crippen LogP contribution in [0.5, 0.6) is 0 Å². The Morgan fingerprint density at radius 2 is 1.77 bits per heavy atom. The van der Waals surface area contributed by atoms with Crippen LogP contribution < -0.4 is 5.32 Å². The summed E-state index contributed by atoms with van der Waals surface area (Å²) >= 11 is 1.61. The van der Waals surface area contributed by atoms with E-state index in [1.54, 1.807) is 16.7 Å². The highest BCUT2D eigenvalue weighted by Gasteiger charge is 2.27. The maximum Gasteiger partial charge on any atom is 0.242 e. The molecule has 0 aliphatic carbocycles. The predicted octanol–water partition coefficient (Wildman–Crippen LogP) is 4.99. The van der Waals surface area contributed by atoms with Crippen molar-refractivity contribution in [3.05, 3.63) is 71.3 Å². The number of carbonyl (C=O) groups excluding carboxylic acids is 2. The van der Waals surface area contributed by atoms with Gasteiger partial charge < -0.3 is 10.2 Å². The summed E-state index contributed by atoms with van der Waals surface area (Å²) in [6, 6.07) is 18.1. The van der Waals surface area contributed by atoms with E-state index in [0.29, 0.717) is 25.3 Å². The second-order valence-corrected chi connectivity index (χ2v) is 8.86. The Hall–Kier alpha value is -2.27. The molecule has 2 aromatic carbocycles. The lowest BCUT2D eigenvalue weighted by atomic mass is 10.1. The zero-order chi connectivity index (χ0) is 22.5. The molecule has 0 spiro atoms. The van der Waals surface area contributed by atoms with Gasteiger partial charge in [0.1, 0.15) is 6.04 Å². The van der Waals surface area contributed by atoms with E-state index in [1.165, 1.54) is 16.7 Å². The van der Waals surface area contributed by atoms with Gasteiger partial charge >= 0.3 is 0 Å². The fraction of sp³-hybridized carbons (Fsp3) is 0.462. The third-order valence-electron chi connectivity index (χ3n) is 5.28. The van der Waals surface area contributed by atoms with Gasteiger partial charge in [-0.2, -0.15) is 0 Å². The number of carbonyl (C=O) groups is 2. The van der Waals surface area contributed by atoms with Crippen LogP contribution in [0.1, 0.15) is 49.8 Å². The molecule has 2 aromatic rings. The highest BCUT2D eigenvalue weighted by molar-refractivity contribution is 7.99. The average Bonchev–Trinajstić information content (AvgIpc) is 2.77. The van der Waals surface area contributed by atoms with Crippen LogP contribution in [0.25, 0.3) is 0 Å². The molecule has 0 saturated carbocycles. The molecule has 0 aliphatic heterocycles. The molecule has 0 fully saturated rings. The Labute approximate surface area is 191 Å². The Bertz CT molecular complexity index is 810. The van der Waals surface area contributed by atoms with Crippen molar-refractivity contribution >= 4 is 23.6 Å². The Balaban J connectivity index is 2.03. The van der Waals surface area contributed by atoms with Gasteiger partial charge in [-0.1, -0.05) is 80.4 Å². The molecule has 2 rings (SSSR count). The number of rotatable bonds is 13. The summed E-state index contributed by atoms with van der Waals surface area (Å²) in [6.45, 7) is 7.37. The van der Waals surface area contributed by atoms with Crippen molar-refractivity contribution in [3.63, 3.8) is 0 Å². The van der Waals surface area contributed by atoms with Crippen molar-refractivity contribution in [3.8, 4) is 0 Å². The van der Waals surface area contributed by atoms with Crippen LogP contribution in [0.2, 0.25) is 0 Å². The first-order valence-electron chi connectivity index (χ1n) is 11.3. The molecule has 1 N–H and O–H groups in total. The molecule has 0 radical (unpaired) electrons. The fourth-order valence-corrected chi connectivity index (χ4v) is 4.40. The summed E-state index contributed by atoms with van der Waals surface area (Å²) in [5, 5.41) is 3.02. The molecule has 168 valence electrons. The zero-order valence-electron chi connectivity index (χ0n) is 19.1. The number of aryl methyl sites for hydroxylation is 1. The Kier molecular flexibility index (Phi) is 11.2. The Morgan fingerprint density at radius 1 is 1.03 bits per heavy atom. The number of nitrogens with one attached hydrogen (secondary N) is 1. The summed E-state index contributed by atoms with van der Waals surface area (Å²) in [5.74, 6) is 1.16. The minimum Gasteiger partial charge on any atom is -0.354 e. The predicted molar refractivity (Wildman–Crippen MR) is 131 cm³/mol. The van der Waals surface area contributed by atoms with Crippen molar-refractivity contribution < 1.29 is 9.59 Å². The van der Waals surface area contributed by atoms with Crippen LogP contribution in [0.15, 0.2) is 54.6 Å². The highest BCUT2D eigenvalue weighted by atomic mass is 32.2. The van der Waals surface area contributed by atoms with Crippen LogP contribution >= 0.6 is 11.8 Å². The van der Waals surface area contributed by atoms with Crippen LogP contribution in [0.4, 0.5) is 0 Å². The molecule has 1 atom stereocenters. The van der Waals surface area contributed by atoms with E-state index in [4.69, 9.17) is 0 Å². The van der Waals surface area contributed by atoms with Crippen LogP contribution in [-0.4, -0.2) is 41.6 Å². The van der Waals surface area contributed by atoms with Crippen LogP contribution in [0, 0.1) is 6.92 Å². The molecule has 31 heavy (non-hydrogen) atoms. The molecule has 0 saturated heterocycles. The number of hydrogen-bond donors (Lipinski definition) is 1. The second kappa shape index (κ2) is 13.9. The van der Waals surface area contributed by atoms with E-state index >= 15 is 0 Å². The molecule has 1 unspecified atom stereocenters. The number of hydrogen-bond acceptors (Lipinski definition) is 3. The summed E-state index contributed by atoms with van der Waals surface area (Å²) in [6.07, 6.45) is 3.34. The standard InChI is InChI=1S/C26H36N2O2S/c1-4-6-16-27-26(30)24(5-2)28(17-15-22-12-8-7-9-13-22)25(29)20-31-19-23-14-10-11-21(3)18-23/h7-14,18,24H,4-6,15-17,19-20H2,1-3H3,(H,27,30). The van der Waals surface area contributed by atoms with Crippen molar-refractivity contribution in [2.75, 3.05) is 18.8 Å². The van der Waals surface area contributed by atoms with Crippen molar-refractivity contribution in [1.29, 1.82) is 0 Å². The van der Waals surface area contributed by atoms with Gasteiger partial charge in [-0.05, 0) is 37.3 Å². The van der Waals surface area contributed by atoms with Gasteiger partial charge in [0.15, 0.2) is 0 Å². The average molecular weight is 441 g/mol. The van der Waals surface area contributed by atoms with E-state index in [1.807, 2.05) is 31.2 Å². The van der Waals surface area contributed by atoms with E-state index in [-0.39, 0.29) is 11.8 Å². The zero-order valence-corrected chi connectivity index (χ0v) is 19.9. The minimum absolute atomic E-state index is 0.0334. The Morgan fingerprint density at radius 3 is 2.45 bits per heavy atom. The van der Waals surface area contributed by atoms with Crippen molar-refractivity contribution in [1.82, 2.24) is 10.2 Å². The van der Waals surface area contributed by atoms with E-state index in [0.717, 1.165) is 25.0 Å². The first kappa shape index (κ1) is 25.0. The number of unbranched alkanes of at least 4 members (excludes halogenated alkanes) is 1. The smallest absolute Gasteiger partial charge is 0.242 e. The second-order valence-electron chi connectivity index (χ2n) is 7.87. The lowest BCUT2D eigenvalue weighted by Crippen LogP contribution is -2.50. The number of thioether (sulfide) groups is 1. The summed E-state index contributed by atoms with van der Waals surface area (Å²) in [4.78, 5) is 27.8. The minimum atomic E-state index is -0.423.